The predicted molar refractivity (Wildman–Crippen MR) is 200 cm³/mol. The molecule has 2 aliphatic heterocycles. The Hall–Kier alpha value is -4.98. The van der Waals surface area contributed by atoms with Crippen LogP contribution in [0.2, 0.25) is 0 Å². The quantitative estimate of drug-likeness (QED) is 0.0943. The van der Waals surface area contributed by atoms with Crippen molar-refractivity contribution in [2.24, 2.45) is 0 Å². The number of aliphatic hydroxyl groups is 8. The summed E-state index contributed by atoms with van der Waals surface area (Å²) >= 11 is 0. The average Bonchev–Trinajstić information content (AvgIpc) is 3.24. The smallest absolute Gasteiger partial charge is 0.335 e. The van der Waals surface area contributed by atoms with Crippen molar-refractivity contribution < 1.29 is 74.5 Å². The summed E-state index contributed by atoms with van der Waals surface area (Å²) in [6, 6.07) is 26.9. The number of amides is 1. The Morgan fingerprint density at radius 3 is 1.42 bits per heavy atom. The van der Waals surface area contributed by atoms with Gasteiger partial charge in [-0.3, -0.25) is 4.79 Å². The van der Waals surface area contributed by atoms with Crippen molar-refractivity contribution in [2.45, 2.75) is 74.3 Å². The molecule has 306 valence electrons. The molecule has 10 atom stereocenters. The third kappa shape index (κ3) is 10.7. The SMILES string of the molecule is CNC(=O)c1cccc(COc2cccc(C3O[C@H](CO)[C@@H](O)[C@H](O)[C@@H]3O)c2)c1.O=C(O)c1cccc(COc2cccc(C3O[C@H](CO)[C@@H](O)[C@H](O)[C@@H]3O)c2)c1. The van der Waals surface area contributed by atoms with Crippen LogP contribution in [0.3, 0.4) is 0 Å². The first kappa shape index (κ1) is 43.1. The molecule has 4 aromatic carbocycles. The lowest BCUT2D eigenvalue weighted by Crippen LogP contribution is -2.55. The first-order valence-corrected chi connectivity index (χ1v) is 18.0. The summed E-state index contributed by atoms with van der Waals surface area (Å²) in [6.07, 6.45) is -12.3. The van der Waals surface area contributed by atoms with Gasteiger partial charge in [-0.1, -0.05) is 48.5 Å². The molecule has 4 aromatic rings. The molecule has 16 heteroatoms. The normalized spacial score (nSPS) is 27.0. The van der Waals surface area contributed by atoms with Gasteiger partial charge >= 0.3 is 5.97 Å². The molecule has 0 aromatic heterocycles. The number of hydrogen-bond donors (Lipinski definition) is 10. The first-order valence-electron chi connectivity index (χ1n) is 18.0. The molecule has 2 aliphatic rings. The number of aliphatic hydroxyl groups excluding tert-OH is 8. The van der Waals surface area contributed by atoms with Gasteiger partial charge in [0.15, 0.2) is 0 Å². The molecule has 0 radical (unpaired) electrons. The number of carboxylic acids is 1. The highest BCUT2D eigenvalue weighted by Gasteiger charge is 2.45. The largest absolute Gasteiger partial charge is 0.489 e. The summed E-state index contributed by atoms with van der Waals surface area (Å²) in [4.78, 5) is 22.8. The van der Waals surface area contributed by atoms with E-state index in [-0.39, 0.29) is 24.7 Å². The van der Waals surface area contributed by atoms with E-state index in [1.54, 1.807) is 85.9 Å². The maximum Gasteiger partial charge on any atom is 0.335 e. The Balaban J connectivity index is 0.000000218. The molecule has 2 heterocycles. The second-order valence-electron chi connectivity index (χ2n) is 13.5. The van der Waals surface area contributed by atoms with Crippen molar-refractivity contribution in [3.63, 3.8) is 0 Å². The van der Waals surface area contributed by atoms with Crippen molar-refractivity contribution in [1.82, 2.24) is 5.32 Å². The summed E-state index contributed by atoms with van der Waals surface area (Å²) in [7, 11) is 1.57. The van der Waals surface area contributed by atoms with E-state index in [4.69, 9.17) is 24.1 Å². The predicted octanol–water partition coefficient (Wildman–Crippen LogP) is 0.619. The van der Waals surface area contributed by atoms with Gasteiger partial charge in [0, 0.05) is 12.6 Å². The van der Waals surface area contributed by atoms with Crippen LogP contribution < -0.4 is 14.8 Å². The van der Waals surface area contributed by atoms with E-state index < -0.39 is 80.2 Å². The molecule has 0 spiro atoms. The van der Waals surface area contributed by atoms with E-state index in [1.807, 2.05) is 6.07 Å². The van der Waals surface area contributed by atoms with Gasteiger partial charge in [0.2, 0.25) is 0 Å². The van der Waals surface area contributed by atoms with Gasteiger partial charge in [-0.15, -0.1) is 0 Å². The number of aromatic carboxylic acids is 1. The van der Waals surface area contributed by atoms with Crippen LogP contribution in [0.25, 0.3) is 0 Å². The summed E-state index contributed by atoms with van der Waals surface area (Å²) in [5.74, 6) is -0.247. The van der Waals surface area contributed by atoms with Gasteiger partial charge in [-0.25, -0.2) is 4.79 Å². The Bertz CT molecular complexity index is 1940. The van der Waals surface area contributed by atoms with E-state index in [2.05, 4.69) is 5.32 Å². The number of ether oxygens (including phenoxy) is 4. The lowest BCUT2D eigenvalue weighted by atomic mass is 9.91. The molecule has 57 heavy (non-hydrogen) atoms. The van der Waals surface area contributed by atoms with Crippen LogP contribution in [0, 0.1) is 0 Å². The second kappa shape index (κ2) is 19.9. The Morgan fingerprint density at radius 2 is 1.00 bits per heavy atom. The van der Waals surface area contributed by atoms with E-state index in [0.29, 0.717) is 33.8 Å². The fourth-order valence-electron chi connectivity index (χ4n) is 6.39. The molecule has 2 unspecified atom stereocenters. The zero-order chi connectivity index (χ0) is 41.2. The minimum absolute atomic E-state index is 0.138. The maximum absolute atomic E-state index is 11.7. The van der Waals surface area contributed by atoms with Gasteiger partial charge in [0.05, 0.1) is 18.8 Å². The molecular formula is C41H47NO15. The summed E-state index contributed by atoms with van der Waals surface area (Å²) < 4.78 is 22.6. The maximum atomic E-state index is 11.7. The molecule has 2 saturated heterocycles. The topological polar surface area (TPSA) is 265 Å². The summed E-state index contributed by atoms with van der Waals surface area (Å²) in [6.45, 7) is -0.626. The molecule has 0 aliphatic carbocycles. The fraction of sp³-hybridized carbons (Fsp3) is 0.366. The standard InChI is InChI=1S/C21H25NO7.C20H22O8/c1-22-21(27)14-6-2-4-12(8-14)11-28-15-7-3-5-13(9-15)20-19(26)18(25)17(24)16(10-23)29-20;21-9-15-16(22)17(23)18(24)19(28-15)12-4-2-6-14(8-12)27-10-11-3-1-5-13(7-11)20(25)26/h2-9,16-20,23-26H,10-11H2,1H3,(H,22,27);1-8,15-19,21-24H,9-10H2,(H,25,26)/t16-,17-,18+,19+,20?;15-,16-,17+,18+,19?/m11/s1. The number of nitrogens with one attached hydrogen (secondary N) is 1. The summed E-state index contributed by atoms with van der Waals surface area (Å²) in [5, 5.41) is 90.5. The summed E-state index contributed by atoms with van der Waals surface area (Å²) in [5.41, 5.74) is 3.23. The first-order chi connectivity index (χ1) is 27.3. The Labute approximate surface area is 327 Å². The minimum atomic E-state index is -1.46. The van der Waals surface area contributed by atoms with Crippen LogP contribution >= 0.6 is 0 Å². The van der Waals surface area contributed by atoms with Crippen LogP contribution in [0.4, 0.5) is 0 Å². The van der Waals surface area contributed by atoms with Crippen LogP contribution in [0.15, 0.2) is 97.1 Å². The van der Waals surface area contributed by atoms with Crippen molar-refractivity contribution in [1.29, 1.82) is 0 Å². The van der Waals surface area contributed by atoms with Gasteiger partial charge in [-0.05, 0) is 70.8 Å². The van der Waals surface area contributed by atoms with Gasteiger partial charge < -0.3 is 70.2 Å². The molecule has 16 nitrogen and oxygen atoms in total. The minimum Gasteiger partial charge on any atom is -0.489 e. The van der Waals surface area contributed by atoms with Crippen molar-refractivity contribution in [2.75, 3.05) is 20.3 Å². The molecule has 1 amide bonds. The van der Waals surface area contributed by atoms with Crippen molar-refractivity contribution in [3.05, 3.63) is 130 Å². The van der Waals surface area contributed by atoms with Crippen LogP contribution in [0.1, 0.15) is 55.2 Å². The highest BCUT2D eigenvalue weighted by atomic mass is 16.6. The lowest BCUT2D eigenvalue weighted by Gasteiger charge is -2.40. The second-order valence-corrected chi connectivity index (χ2v) is 13.5. The van der Waals surface area contributed by atoms with Gasteiger partial charge in [0.25, 0.3) is 5.91 Å². The van der Waals surface area contributed by atoms with E-state index >= 15 is 0 Å². The van der Waals surface area contributed by atoms with Crippen molar-refractivity contribution in [3.8, 4) is 11.5 Å². The Morgan fingerprint density at radius 1 is 0.579 bits per heavy atom. The molecule has 6 rings (SSSR count). The van der Waals surface area contributed by atoms with E-state index in [1.165, 1.54) is 12.1 Å². The van der Waals surface area contributed by atoms with Crippen LogP contribution in [-0.2, 0) is 22.7 Å². The molecule has 10 N–H and O–H groups in total. The van der Waals surface area contributed by atoms with Crippen molar-refractivity contribution >= 4 is 11.9 Å². The van der Waals surface area contributed by atoms with Crippen LogP contribution in [-0.4, -0.2) is 127 Å². The number of carbonyl (C=O) groups is 2. The number of rotatable bonds is 12. The molecule has 2 fully saturated rings. The molecule has 0 saturated carbocycles. The number of carboxylic acid groups (broad SMARTS) is 1. The van der Waals surface area contributed by atoms with Gasteiger partial charge in [0.1, 0.15) is 85.8 Å². The number of carbonyl (C=O) groups excluding carboxylic acids is 1. The van der Waals surface area contributed by atoms with Crippen LogP contribution in [0.5, 0.6) is 11.5 Å². The average molecular weight is 794 g/mol. The Kier molecular flexibility index (Phi) is 15.1. The molecule has 0 bridgehead atoms. The fourth-order valence-corrected chi connectivity index (χ4v) is 6.39. The van der Waals surface area contributed by atoms with E-state index in [9.17, 15) is 50.4 Å². The van der Waals surface area contributed by atoms with Gasteiger partial charge in [-0.2, -0.15) is 0 Å². The highest BCUT2D eigenvalue weighted by molar-refractivity contribution is 5.94. The lowest BCUT2D eigenvalue weighted by molar-refractivity contribution is -0.231. The van der Waals surface area contributed by atoms with E-state index in [0.717, 1.165) is 5.56 Å². The monoisotopic (exact) mass is 793 g/mol. The molecular weight excluding hydrogens is 746 g/mol. The third-order valence-electron chi connectivity index (χ3n) is 9.56. The number of hydrogen-bond acceptors (Lipinski definition) is 14. The highest BCUT2D eigenvalue weighted by Crippen LogP contribution is 2.35. The zero-order valence-electron chi connectivity index (χ0n) is 30.8. The third-order valence-corrected chi connectivity index (χ3v) is 9.56. The number of benzene rings is 4. The zero-order valence-corrected chi connectivity index (χ0v) is 30.8.